The molecule has 0 amide bonds. The minimum absolute atomic E-state index is 0.221. The van der Waals surface area contributed by atoms with Crippen LogP contribution in [0, 0.1) is 6.92 Å². The molecule has 0 spiro atoms. The summed E-state index contributed by atoms with van der Waals surface area (Å²) < 4.78 is 27.6. The quantitative estimate of drug-likeness (QED) is 0.823. The molecule has 2 N–H and O–H groups in total. The maximum absolute atomic E-state index is 11.6. The molecule has 1 rings (SSSR count). The molecule has 5 nitrogen and oxygen atoms in total. The van der Waals surface area contributed by atoms with E-state index in [9.17, 15) is 13.5 Å². The number of aryl methyl sites for hydroxylation is 1. The molecule has 0 aliphatic rings. The standard InChI is InChI=1S/C13H23NO4S/c1-10-6-7-11(18-10)13(4,15)9-14-8-12(2,3)19(5,16)17/h6-7,14-15H,8-9H2,1-5H3. The minimum Gasteiger partial charge on any atom is -0.463 e. The smallest absolute Gasteiger partial charge is 0.153 e. The first kappa shape index (κ1) is 16.2. The summed E-state index contributed by atoms with van der Waals surface area (Å²) in [6.07, 6.45) is 1.21. The second-order valence-corrected chi connectivity index (χ2v) is 8.47. The molecule has 0 saturated carbocycles. The Morgan fingerprint density at radius 1 is 1.26 bits per heavy atom. The Hall–Kier alpha value is -0.850. The van der Waals surface area contributed by atoms with Gasteiger partial charge in [-0.05, 0) is 39.8 Å². The molecule has 0 aromatic carbocycles. The number of sulfone groups is 1. The fourth-order valence-electron chi connectivity index (χ4n) is 1.55. The zero-order valence-corrected chi connectivity index (χ0v) is 13.0. The first-order chi connectivity index (χ1) is 8.46. The van der Waals surface area contributed by atoms with Crippen LogP contribution in [0.15, 0.2) is 16.5 Å². The van der Waals surface area contributed by atoms with Crippen molar-refractivity contribution in [2.24, 2.45) is 0 Å². The molecule has 1 heterocycles. The van der Waals surface area contributed by atoms with Crippen molar-refractivity contribution in [3.05, 3.63) is 23.7 Å². The molecular formula is C13H23NO4S. The largest absolute Gasteiger partial charge is 0.463 e. The van der Waals surface area contributed by atoms with E-state index in [0.29, 0.717) is 5.76 Å². The Balaban J connectivity index is 2.63. The van der Waals surface area contributed by atoms with Gasteiger partial charge in [0, 0.05) is 19.3 Å². The van der Waals surface area contributed by atoms with Crippen LogP contribution in [-0.4, -0.2) is 37.6 Å². The van der Waals surface area contributed by atoms with E-state index in [0.717, 1.165) is 5.76 Å². The van der Waals surface area contributed by atoms with Gasteiger partial charge in [0.15, 0.2) is 9.84 Å². The summed E-state index contributed by atoms with van der Waals surface area (Å²) in [5.41, 5.74) is -1.16. The zero-order valence-electron chi connectivity index (χ0n) is 12.1. The van der Waals surface area contributed by atoms with Crippen LogP contribution >= 0.6 is 0 Å². The van der Waals surface area contributed by atoms with Crippen molar-refractivity contribution in [3.63, 3.8) is 0 Å². The number of hydrogen-bond donors (Lipinski definition) is 2. The number of aliphatic hydroxyl groups is 1. The summed E-state index contributed by atoms with van der Waals surface area (Å²) in [4.78, 5) is 0. The Morgan fingerprint density at radius 3 is 2.26 bits per heavy atom. The van der Waals surface area contributed by atoms with Crippen LogP contribution in [0.2, 0.25) is 0 Å². The first-order valence-corrected chi connectivity index (χ1v) is 8.04. The Morgan fingerprint density at radius 2 is 1.84 bits per heavy atom. The lowest BCUT2D eigenvalue weighted by Crippen LogP contribution is -2.45. The van der Waals surface area contributed by atoms with Gasteiger partial charge in [0.25, 0.3) is 0 Å². The highest BCUT2D eigenvalue weighted by atomic mass is 32.2. The summed E-state index contributed by atoms with van der Waals surface area (Å²) in [5, 5.41) is 13.3. The number of hydrogen-bond acceptors (Lipinski definition) is 5. The Bertz CT molecular complexity index is 529. The van der Waals surface area contributed by atoms with E-state index in [1.54, 1.807) is 39.8 Å². The van der Waals surface area contributed by atoms with E-state index in [4.69, 9.17) is 4.42 Å². The third kappa shape index (κ3) is 4.06. The number of nitrogens with one attached hydrogen (secondary N) is 1. The molecule has 0 bridgehead atoms. The topological polar surface area (TPSA) is 79.5 Å². The molecule has 19 heavy (non-hydrogen) atoms. The second-order valence-electron chi connectivity index (χ2n) is 5.82. The van der Waals surface area contributed by atoms with Crippen molar-refractivity contribution in [2.45, 2.75) is 38.0 Å². The van der Waals surface area contributed by atoms with Gasteiger partial charge in [0.05, 0.1) is 4.75 Å². The lowest BCUT2D eigenvalue weighted by Gasteiger charge is -2.26. The summed E-state index contributed by atoms with van der Waals surface area (Å²) in [6.45, 7) is 7.23. The van der Waals surface area contributed by atoms with Crippen LogP contribution in [0.3, 0.4) is 0 Å². The lowest BCUT2D eigenvalue weighted by atomic mass is 10.0. The average Bonchev–Trinajstić information content (AvgIpc) is 2.63. The zero-order chi connectivity index (χ0) is 14.9. The van der Waals surface area contributed by atoms with E-state index in [1.807, 2.05) is 0 Å². The monoisotopic (exact) mass is 289 g/mol. The normalized spacial score (nSPS) is 16.3. The molecule has 6 heteroatoms. The van der Waals surface area contributed by atoms with E-state index in [1.165, 1.54) is 6.26 Å². The van der Waals surface area contributed by atoms with Crippen molar-refractivity contribution < 1.29 is 17.9 Å². The van der Waals surface area contributed by atoms with Gasteiger partial charge in [-0.2, -0.15) is 0 Å². The Kier molecular flexibility index (Phi) is 4.49. The van der Waals surface area contributed by atoms with Gasteiger partial charge in [0.1, 0.15) is 17.1 Å². The van der Waals surface area contributed by atoms with E-state index < -0.39 is 20.2 Å². The molecular weight excluding hydrogens is 266 g/mol. The summed E-state index contributed by atoms with van der Waals surface area (Å²) in [5.74, 6) is 1.20. The Labute approximate surface area is 114 Å². The highest BCUT2D eigenvalue weighted by molar-refractivity contribution is 7.92. The summed E-state index contributed by atoms with van der Waals surface area (Å²) in [7, 11) is -3.15. The first-order valence-electron chi connectivity index (χ1n) is 6.15. The molecule has 1 aromatic heterocycles. The molecule has 0 aliphatic carbocycles. The maximum atomic E-state index is 11.6. The summed E-state index contributed by atoms with van der Waals surface area (Å²) in [6, 6.07) is 3.50. The van der Waals surface area contributed by atoms with Gasteiger partial charge < -0.3 is 14.8 Å². The van der Waals surface area contributed by atoms with Crippen LogP contribution in [0.4, 0.5) is 0 Å². The van der Waals surface area contributed by atoms with Crippen LogP contribution in [0.5, 0.6) is 0 Å². The van der Waals surface area contributed by atoms with Gasteiger partial charge in [-0.1, -0.05) is 0 Å². The predicted octanol–water partition coefficient (Wildman–Crippen LogP) is 1.21. The van der Waals surface area contributed by atoms with E-state index in [-0.39, 0.29) is 13.1 Å². The van der Waals surface area contributed by atoms with Gasteiger partial charge >= 0.3 is 0 Å². The fraction of sp³-hybridized carbons (Fsp3) is 0.692. The van der Waals surface area contributed by atoms with Crippen LogP contribution in [0.25, 0.3) is 0 Å². The maximum Gasteiger partial charge on any atom is 0.153 e. The lowest BCUT2D eigenvalue weighted by molar-refractivity contribution is 0.0333. The van der Waals surface area contributed by atoms with Crippen molar-refractivity contribution in [1.82, 2.24) is 5.32 Å². The molecule has 1 unspecified atom stereocenters. The van der Waals surface area contributed by atoms with Crippen molar-refractivity contribution in [2.75, 3.05) is 19.3 Å². The highest BCUT2D eigenvalue weighted by Gasteiger charge is 2.32. The van der Waals surface area contributed by atoms with Gasteiger partial charge in [-0.25, -0.2) is 8.42 Å². The van der Waals surface area contributed by atoms with Crippen molar-refractivity contribution >= 4 is 9.84 Å². The molecule has 0 radical (unpaired) electrons. The SMILES string of the molecule is Cc1ccc(C(C)(O)CNCC(C)(C)S(C)(=O)=O)o1. The predicted molar refractivity (Wildman–Crippen MR) is 74.8 cm³/mol. The third-order valence-corrected chi connectivity index (χ3v) is 5.45. The average molecular weight is 289 g/mol. The van der Waals surface area contributed by atoms with Gasteiger partial charge in [0.2, 0.25) is 0 Å². The molecule has 1 atom stereocenters. The number of rotatable bonds is 6. The second kappa shape index (κ2) is 5.26. The molecule has 0 fully saturated rings. The van der Waals surface area contributed by atoms with E-state index >= 15 is 0 Å². The fourth-order valence-corrected chi connectivity index (χ4v) is 1.91. The number of furan rings is 1. The highest BCUT2D eigenvalue weighted by Crippen LogP contribution is 2.22. The van der Waals surface area contributed by atoms with Crippen molar-refractivity contribution in [1.29, 1.82) is 0 Å². The van der Waals surface area contributed by atoms with Crippen LogP contribution < -0.4 is 5.32 Å². The molecule has 0 aliphatic heterocycles. The molecule has 110 valence electrons. The molecule has 0 saturated heterocycles. The minimum atomic E-state index is -3.15. The van der Waals surface area contributed by atoms with Gasteiger partial charge in [-0.3, -0.25) is 0 Å². The van der Waals surface area contributed by atoms with Crippen LogP contribution in [0.1, 0.15) is 32.3 Å². The molecule has 1 aromatic rings. The van der Waals surface area contributed by atoms with Crippen LogP contribution in [-0.2, 0) is 15.4 Å². The van der Waals surface area contributed by atoms with Crippen molar-refractivity contribution in [3.8, 4) is 0 Å². The van der Waals surface area contributed by atoms with E-state index in [2.05, 4.69) is 5.32 Å². The van der Waals surface area contributed by atoms with Gasteiger partial charge in [-0.15, -0.1) is 0 Å². The third-order valence-electron chi connectivity index (χ3n) is 3.29. The summed E-state index contributed by atoms with van der Waals surface area (Å²) >= 11 is 0.